The van der Waals surface area contributed by atoms with Crippen LogP contribution < -0.4 is 16.0 Å². The first kappa shape index (κ1) is 23.7. The summed E-state index contributed by atoms with van der Waals surface area (Å²) in [7, 11) is 0. The van der Waals surface area contributed by atoms with Gasteiger partial charge in [0.25, 0.3) is 11.5 Å². The first-order valence-corrected chi connectivity index (χ1v) is 11.1. The van der Waals surface area contributed by atoms with E-state index in [1.165, 1.54) is 24.4 Å². The molecule has 184 valence electrons. The third-order valence-corrected chi connectivity index (χ3v) is 5.58. The Bertz CT molecular complexity index is 1790. The molecule has 0 unspecified atom stereocenters. The Labute approximate surface area is 212 Å². The molecular weight excluding hydrogens is 502 g/mol. The molecule has 0 aliphatic carbocycles. The van der Waals surface area contributed by atoms with E-state index in [1.807, 2.05) is 0 Å². The van der Waals surface area contributed by atoms with Gasteiger partial charge >= 0.3 is 5.69 Å². The number of nitro groups is 1. The van der Waals surface area contributed by atoms with Crippen molar-refractivity contribution in [1.29, 1.82) is 0 Å². The average Bonchev–Trinajstić information content (AvgIpc) is 3.30. The van der Waals surface area contributed by atoms with Gasteiger partial charge in [-0.05, 0) is 42.5 Å². The Morgan fingerprint density at radius 1 is 1.19 bits per heavy atom. The number of fused-ring (bicyclic) bond motifs is 2. The Morgan fingerprint density at radius 2 is 2.00 bits per heavy atom. The third kappa shape index (κ3) is 4.62. The van der Waals surface area contributed by atoms with Gasteiger partial charge in [0.05, 0.1) is 22.0 Å². The number of nitrogens with zero attached hydrogens (tertiary/aromatic N) is 4. The maximum atomic E-state index is 13.4. The van der Waals surface area contributed by atoms with Crippen LogP contribution in [0.25, 0.3) is 33.5 Å². The number of carbonyl (C=O) groups is 1. The van der Waals surface area contributed by atoms with E-state index in [2.05, 4.69) is 10.1 Å². The fourth-order valence-electron chi connectivity index (χ4n) is 3.72. The van der Waals surface area contributed by atoms with Crippen molar-refractivity contribution in [2.24, 2.45) is 10.8 Å². The van der Waals surface area contributed by atoms with Gasteiger partial charge in [0.15, 0.2) is 12.4 Å². The minimum absolute atomic E-state index is 0.0947. The molecule has 0 atom stereocenters. The van der Waals surface area contributed by atoms with E-state index in [-0.39, 0.29) is 22.9 Å². The summed E-state index contributed by atoms with van der Waals surface area (Å²) in [6, 6.07) is 17.6. The Kier molecular flexibility index (Phi) is 6.12. The van der Waals surface area contributed by atoms with E-state index in [1.54, 1.807) is 48.5 Å². The van der Waals surface area contributed by atoms with Gasteiger partial charge in [-0.3, -0.25) is 19.7 Å². The second-order valence-corrected chi connectivity index (χ2v) is 8.25. The number of primary amides is 1. The standard InChI is InChI=1S/C25H16ClN5O6/c26-16-8-9-20-15(10-16)11-21(37-20)24-29-18-6-2-1-5-17(18)25(33)30(24)28-12-14-4-3-7-19(31(34)35)23(14)36-13-22(27)32/h1-12H,13H2,(H2,27,32). The number of ether oxygens (including phenoxy) is 1. The monoisotopic (exact) mass is 517 g/mol. The second-order valence-electron chi connectivity index (χ2n) is 7.81. The molecule has 0 bridgehead atoms. The Balaban J connectivity index is 1.70. The van der Waals surface area contributed by atoms with Crippen molar-refractivity contribution in [3.63, 3.8) is 0 Å². The van der Waals surface area contributed by atoms with Crippen LogP contribution in [0, 0.1) is 10.1 Å². The number of hydrogen-bond donors (Lipinski definition) is 1. The zero-order valence-corrected chi connectivity index (χ0v) is 19.6. The van der Waals surface area contributed by atoms with Gasteiger partial charge in [-0.2, -0.15) is 9.78 Å². The molecule has 0 saturated carbocycles. The first-order chi connectivity index (χ1) is 17.8. The fourth-order valence-corrected chi connectivity index (χ4v) is 3.90. The number of furan rings is 1. The van der Waals surface area contributed by atoms with E-state index >= 15 is 0 Å². The summed E-state index contributed by atoms with van der Waals surface area (Å²) in [5, 5.41) is 17.3. The molecule has 0 spiro atoms. The molecule has 0 fully saturated rings. The van der Waals surface area contributed by atoms with Gasteiger partial charge in [0, 0.05) is 22.0 Å². The highest BCUT2D eigenvalue weighted by Crippen LogP contribution is 2.31. The molecule has 1 amide bonds. The summed E-state index contributed by atoms with van der Waals surface area (Å²) in [5.74, 6) is -0.695. The number of rotatable bonds is 7. The van der Waals surface area contributed by atoms with E-state index in [0.29, 0.717) is 26.9 Å². The molecule has 0 aliphatic heterocycles. The van der Waals surface area contributed by atoms with E-state index in [0.717, 1.165) is 4.68 Å². The SMILES string of the molecule is NC(=O)COc1c(C=Nn2c(-c3cc4cc(Cl)ccc4o3)nc3ccccc3c2=O)cccc1[N+](=O)[O-]. The molecule has 2 heterocycles. The summed E-state index contributed by atoms with van der Waals surface area (Å²) < 4.78 is 12.3. The summed E-state index contributed by atoms with van der Waals surface area (Å²) in [6.45, 7) is -0.587. The maximum Gasteiger partial charge on any atom is 0.311 e. The van der Waals surface area contributed by atoms with Crippen LogP contribution in [0.4, 0.5) is 5.69 Å². The van der Waals surface area contributed by atoms with Crippen LogP contribution in [0.1, 0.15) is 5.56 Å². The maximum absolute atomic E-state index is 13.4. The predicted molar refractivity (Wildman–Crippen MR) is 137 cm³/mol. The van der Waals surface area contributed by atoms with Crippen LogP contribution >= 0.6 is 11.6 Å². The highest BCUT2D eigenvalue weighted by atomic mass is 35.5. The van der Waals surface area contributed by atoms with Crippen molar-refractivity contribution >= 4 is 51.3 Å². The highest BCUT2D eigenvalue weighted by Gasteiger charge is 2.20. The van der Waals surface area contributed by atoms with Crippen molar-refractivity contribution in [3.05, 3.63) is 97.8 Å². The van der Waals surface area contributed by atoms with Crippen LogP contribution in [-0.4, -0.2) is 33.3 Å². The van der Waals surface area contributed by atoms with E-state index in [9.17, 15) is 19.7 Å². The molecule has 0 saturated heterocycles. The number of aromatic nitrogens is 2. The van der Waals surface area contributed by atoms with Gasteiger partial charge in [-0.1, -0.05) is 29.8 Å². The summed E-state index contributed by atoms with van der Waals surface area (Å²) in [6.07, 6.45) is 1.20. The van der Waals surface area contributed by atoms with Crippen molar-refractivity contribution in [1.82, 2.24) is 9.66 Å². The topological polar surface area (TPSA) is 156 Å². The van der Waals surface area contributed by atoms with Crippen LogP contribution in [0.3, 0.4) is 0 Å². The first-order valence-electron chi connectivity index (χ1n) is 10.8. The zero-order valence-electron chi connectivity index (χ0n) is 18.8. The molecule has 3 aromatic carbocycles. The molecule has 11 nitrogen and oxygen atoms in total. The molecule has 5 rings (SSSR count). The summed E-state index contributed by atoms with van der Waals surface area (Å²) in [5.41, 5.74) is 5.33. The third-order valence-electron chi connectivity index (χ3n) is 5.34. The van der Waals surface area contributed by atoms with Crippen molar-refractivity contribution in [3.8, 4) is 17.3 Å². The van der Waals surface area contributed by atoms with Crippen LogP contribution in [-0.2, 0) is 4.79 Å². The van der Waals surface area contributed by atoms with Gasteiger partial charge < -0.3 is 14.9 Å². The minimum Gasteiger partial charge on any atom is -0.476 e. The Morgan fingerprint density at radius 3 is 2.78 bits per heavy atom. The van der Waals surface area contributed by atoms with Gasteiger partial charge in [-0.25, -0.2) is 4.98 Å². The second kappa shape index (κ2) is 9.55. The number of nitro benzene ring substituents is 1. The van der Waals surface area contributed by atoms with Crippen molar-refractivity contribution < 1.29 is 18.9 Å². The summed E-state index contributed by atoms with van der Waals surface area (Å²) in [4.78, 5) is 40.1. The molecule has 0 radical (unpaired) electrons. The number of para-hydroxylation sites is 2. The number of nitrogens with two attached hydrogens (primary N) is 1. The summed E-state index contributed by atoms with van der Waals surface area (Å²) >= 11 is 6.10. The molecule has 5 aromatic rings. The van der Waals surface area contributed by atoms with Crippen molar-refractivity contribution in [2.75, 3.05) is 6.61 Å². The van der Waals surface area contributed by atoms with Gasteiger partial charge in [0.1, 0.15) is 5.58 Å². The molecule has 2 aromatic heterocycles. The number of halogens is 1. The van der Waals surface area contributed by atoms with Crippen molar-refractivity contribution in [2.45, 2.75) is 0 Å². The molecule has 0 aliphatic rings. The lowest BCUT2D eigenvalue weighted by Crippen LogP contribution is -2.21. The zero-order chi connectivity index (χ0) is 26.1. The molecule has 37 heavy (non-hydrogen) atoms. The van der Waals surface area contributed by atoms with Crippen LogP contribution in [0.15, 0.2) is 81.0 Å². The lowest BCUT2D eigenvalue weighted by atomic mass is 10.2. The molecule has 12 heteroatoms. The van der Waals surface area contributed by atoms with E-state index < -0.39 is 28.7 Å². The van der Waals surface area contributed by atoms with Gasteiger partial charge in [-0.15, -0.1) is 0 Å². The number of benzene rings is 3. The number of carbonyl (C=O) groups excluding carboxylic acids is 1. The minimum atomic E-state index is -0.816. The predicted octanol–water partition coefficient (Wildman–Crippen LogP) is 4.12. The largest absolute Gasteiger partial charge is 0.476 e. The molecular formula is C25H16ClN5O6. The Hall–Kier alpha value is -5.03. The lowest BCUT2D eigenvalue weighted by molar-refractivity contribution is -0.385. The lowest BCUT2D eigenvalue weighted by Gasteiger charge is -2.09. The smallest absolute Gasteiger partial charge is 0.311 e. The normalized spacial score (nSPS) is 11.4. The quantitative estimate of drug-likeness (QED) is 0.193. The van der Waals surface area contributed by atoms with Crippen LogP contribution in [0.2, 0.25) is 5.02 Å². The van der Waals surface area contributed by atoms with E-state index in [4.69, 9.17) is 26.5 Å². The average molecular weight is 518 g/mol. The number of amides is 1. The number of hydrogen-bond acceptors (Lipinski definition) is 8. The van der Waals surface area contributed by atoms with Gasteiger partial charge in [0.2, 0.25) is 11.6 Å². The molecule has 2 N–H and O–H groups in total. The fraction of sp³-hybridized carbons (Fsp3) is 0.0400. The highest BCUT2D eigenvalue weighted by molar-refractivity contribution is 6.31. The van der Waals surface area contributed by atoms with Crippen LogP contribution in [0.5, 0.6) is 5.75 Å².